The molecule has 0 spiro atoms. The van der Waals surface area contributed by atoms with Crippen LogP contribution in [0.5, 0.6) is 5.75 Å². The van der Waals surface area contributed by atoms with Crippen LogP contribution >= 0.6 is 0 Å². The van der Waals surface area contributed by atoms with Crippen LogP contribution < -0.4 is 15.8 Å². The molecule has 0 aliphatic carbocycles. The Morgan fingerprint density at radius 2 is 1.96 bits per heavy atom. The first-order valence-electron chi connectivity index (χ1n) is 8.15. The number of methoxy groups -OCH3 is 1. The van der Waals surface area contributed by atoms with Gasteiger partial charge in [-0.05, 0) is 41.8 Å². The Balaban J connectivity index is 1.87. The highest BCUT2D eigenvalue weighted by molar-refractivity contribution is 5.28. The first kappa shape index (κ1) is 16.8. The molecule has 6 heteroatoms. The van der Waals surface area contributed by atoms with Crippen LogP contribution in [-0.4, -0.2) is 30.9 Å². The number of aliphatic hydroxyl groups is 1. The molecule has 2 atom stereocenters. The number of ether oxygens (including phenoxy) is 1. The third-order valence-corrected chi connectivity index (χ3v) is 3.66. The van der Waals surface area contributed by atoms with Gasteiger partial charge in [0.05, 0.1) is 13.2 Å². The highest BCUT2D eigenvalue weighted by Crippen LogP contribution is 2.13. The van der Waals surface area contributed by atoms with E-state index in [-0.39, 0.29) is 13.0 Å². The monoisotopic (exact) mass is 338 g/mol. The summed E-state index contributed by atoms with van der Waals surface area (Å²) >= 11 is 0. The molecule has 4 N–H and O–H groups in total. The molecule has 0 unspecified atom stereocenters. The molecule has 0 aromatic heterocycles. The topological polar surface area (TPSA) is 67.5 Å². The van der Waals surface area contributed by atoms with Gasteiger partial charge >= 0.3 is 0 Å². The summed E-state index contributed by atoms with van der Waals surface area (Å²) in [7, 11) is 1.59. The van der Waals surface area contributed by atoms with Crippen LogP contribution in [0.25, 0.3) is 0 Å². The summed E-state index contributed by atoms with van der Waals surface area (Å²) in [5, 5.41) is 13.3. The lowest BCUT2D eigenvalue weighted by molar-refractivity contribution is 0.141. The highest BCUT2D eigenvalue weighted by atomic mass is 19.1. The van der Waals surface area contributed by atoms with E-state index in [1.165, 1.54) is 12.1 Å². The van der Waals surface area contributed by atoms with E-state index >= 15 is 0 Å². The second kappa shape index (κ2) is 8.73. The number of benzene rings is 2. The third-order valence-electron chi connectivity index (χ3n) is 3.66. The van der Waals surface area contributed by atoms with Crippen LogP contribution in [0.3, 0.4) is 0 Å². The molecule has 2 aromatic carbocycles. The number of rotatable bonds is 9. The minimum Gasteiger partial charge on any atom is -0.497 e. The van der Waals surface area contributed by atoms with E-state index in [2.05, 4.69) is 11.0 Å². The number of hydrogen-bond acceptors (Lipinski definition) is 4. The quantitative estimate of drug-likeness (QED) is 0.654. The van der Waals surface area contributed by atoms with Crippen molar-refractivity contribution in [2.24, 2.45) is 5.73 Å². The molecule has 130 valence electrons. The summed E-state index contributed by atoms with van der Waals surface area (Å²) in [6.45, 7) is 0.749. The predicted octanol–water partition coefficient (Wildman–Crippen LogP) is 1.99. The van der Waals surface area contributed by atoms with Crippen LogP contribution in [-0.2, 0) is 13.0 Å². The van der Waals surface area contributed by atoms with Crippen molar-refractivity contribution in [2.75, 3.05) is 13.7 Å². The molecule has 0 radical (unpaired) electrons. The number of aliphatic hydroxyl groups excluding tert-OH is 1. The smallest absolute Gasteiger partial charge is 0.126 e. The lowest BCUT2D eigenvalue weighted by atomic mass is 10.0. The maximum atomic E-state index is 13.2. The van der Waals surface area contributed by atoms with Crippen LogP contribution in [0.15, 0.2) is 42.5 Å². The van der Waals surface area contributed by atoms with Crippen LogP contribution in [0.4, 0.5) is 8.78 Å². The number of hydrogen-bond donors (Lipinski definition) is 3. The lowest BCUT2D eigenvalue weighted by Crippen LogP contribution is -2.43. The van der Waals surface area contributed by atoms with Crippen molar-refractivity contribution >= 4 is 0 Å². The summed E-state index contributed by atoms with van der Waals surface area (Å²) < 4.78 is 39.0. The van der Waals surface area contributed by atoms with Gasteiger partial charge in [0.15, 0.2) is 0 Å². The number of nitrogens with two attached hydrogens (primary N) is 1. The van der Waals surface area contributed by atoms with Crippen molar-refractivity contribution < 1.29 is 20.0 Å². The second-order valence-electron chi connectivity index (χ2n) is 5.64. The van der Waals surface area contributed by atoms with Crippen LogP contribution in [0, 0.1) is 11.6 Å². The van der Waals surface area contributed by atoms with E-state index in [9.17, 15) is 13.9 Å². The van der Waals surface area contributed by atoms with Gasteiger partial charge < -0.3 is 20.9 Å². The molecule has 0 bridgehead atoms. The average molecular weight is 338 g/mol. The average Bonchev–Trinajstić information content (AvgIpc) is 2.59. The molecule has 0 saturated heterocycles. The number of halogens is 2. The summed E-state index contributed by atoms with van der Waals surface area (Å²) in [5.74, 6) is -0.604. The molecule has 4 nitrogen and oxygen atoms in total. The fourth-order valence-corrected chi connectivity index (χ4v) is 2.41. The Labute approximate surface area is 141 Å². The normalized spacial score (nSPS) is 14.1. The molecule has 0 amide bonds. The Morgan fingerprint density at radius 3 is 2.62 bits per heavy atom. The van der Waals surface area contributed by atoms with Gasteiger partial charge in [-0.3, -0.25) is 0 Å². The van der Waals surface area contributed by atoms with E-state index in [0.717, 1.165) is 17.4 Å². The van der Waals surface area contributed by atoms with Crippen molar-refractivity contribution in [3.63, 3.8) is 0 Å². The molecule has 2 rings (SSSR count). The molecule has 0 saturated carbocycles. The minimum atomic E-state index is -0.894. The molecule has 2 aromatic rings. The fraction of sp³-hybridized carbons (Fsp3) is 0.333. The summed E-state index contributed by atoms with van der Waals surface area (Å²) in [5.41, 5.74) is 3.63. The zero-order valence-electron chi connectivity index (χ0n) is 14.4. The van der Waals surface area contributed by atoms with E-state index in [1.807, 2.05) is 24.3 Å². The maximum absolute atomic E-state index is 13.2. The first-order valence-corrected chi connectivity index (χ1v) is 7.65. The molecule has 24 heavy (non-hydrogen) atoms. The van der Waals surface area contributed by atoms with E-state index < -0.39 is 23.8 Å². The zero-order chi connectivity index (χ0) is 18.2. The number of nitrogens with one attached hydrogen (secondary N) is 1. The van der Waals surface area contributed by atoms with Crippen molar-refractivity contribution in [1.82, 2.24) is 5.32 Å². The summed E-state index contributed by atoms with van der Waals surface area (Å²) in [6, 6.07) is 10.1. The van der Waals surface area contributed by atoms with Crippen molar-refractivity contribution in [1.29, 1.82) is 0 Å². The molecule has 0 aliphatic heterocycles. The standard InChI is InChI=1S/C18H22F2N2O2/c1-24-16-4-2-3-12(7-16)10-22-11-18(23)17(21)8-13-5-14(19)9-15(20)6-13/h2-7,9,17-18,22-23H,8,10-11,21H2,1H3/t17-,18+/m0/s1/i/hT. The highest BCUT2D eigenvalue weighted by Gasteiger charge is 2.16. The van der Waals surface area contributed by atoms with E-state index in [4.69, 9.17) is 6.15 Å². The molecule has 0 aliphatic rings. The van der Waals surface area contributed by atoms with Gasteiger partial charge in [-0.2, -0.15) is 0 Å². The van der Waals surface area contributed by atoms with Gasteiger partial charge in [-0.25, -0.2) is 8.78 Å². The zero-order valence-corrected chi connectivity index (χ0v) is 13.4. The summed E-state index contributed by atoms with van der Waals surface area (Å²) in [6.07, 6.45) is -0.755. The van der Waals surface area contributed by atoms with E-state index in [0.29, 0.717) is 12.1 Å². The van der Waals surface area contributed by atoms with Gasteiger partial charge in [0.1, 0.15) is 18.8 Å². The van der Waals surface area contributed by atoms with Gasteiger partial charge in [-0.1, -0.05) is 12.1 Å². The maximum Gasteiger partial charge on any atom is 0.126 e. The predicted molar refractivity (Wildman–Crippen MR) is 88.7 cm³/mol. The second-order valence-corrected chi connectivity index (χ2v) is 5.64. The third kappa shape index (κ3) is 5.56. The fourth-order valence-electron chi connectivity index (χ4n) is 2.41. The van der Waals surface area contributed by atoms with Crippen molar-refractivity contribution in [3.8, 4) is 5.75 Å². The Bertz CT molecular complexity index is 668. The van der Waals surface area contributed by atoms with E-state index in [1.54, 1.807) is 7.11 Å². The SMILES string of the molecule is [3H]N[C@@H](Cc1cc(F)cc(F)c1)[C@H](O)CNCc1cccc(OC)c1. The van der Waals surface area contributed by atoms with Gasteiger partial charge in [0, 0.05) is 25.2 Å². The Hall–Kier alpha value is -2.02. The molecule has 0 heterocycles. The van der Waals surface area contributed by atoms with Gasteiger partial charge in [-0.15, -0.1) is 0 Å². The molecular weight excluding hydrogens is 314 g/mol. The minimum absolute atomic E-state index is 0.139. The Kier molecular flexibility index (Phi) is 6.12. The van der Waals surface area contributed by atoms with Crippen LogP contribution in [0.2, 0.25) is 1.41 Å². The van der Waals surface area contributed by atoms with Gasteiger partial charge in [0.25, 0.3) is 0 Å². The summed E-state index contributed by atoms with van der Waals surface area (Å²) in [4.78, 5) is 0. The van der Waals surface area contributed by atoms with Gasteiger partial charge in [0.2, 0.25) is 0 Å². The Morgan fingerprint density at radius 1 is 1.21 bits per heavy atom. The largest absolute Gasteiger partial charge is 0.497 e. The molecular formula is C18H22F2N2O2. The first-order chi connectivity index (χ1) is 12.0. The van der Waals surface area contributed by atoms with Crippen LogP contribution in [0.1, 0.15) is 11.1 Å². The lowest BCUT2D eigenvalue weighted by Gasteiger charge is -2.19. The van der Waals surface area contributed by atoms with Crippen molar-refractivity contribution in [2.45, 2.75) is 25.1 Å². The molecule has 0 fully saturated rings. The van der Waals surface area contributed by atoms with Crippen molar-refractivity contribution in [3.05, 3.63) is 65.2 Å².